The predicted octanol–water partition coefficient (Wildman–Crippen LogP) is 2.06. The van der Waals surface area contributed by atoms with E-state index in [2.05, 4.69) is 9.91 Å². The van der Waals surface area contributed by atoms with Gasteiger partial charge >= 0.3 is 5.97 Å². The van der Waals surface area contributed by atoms with E-state index in [1.54, 1.807) is 24.3 Å². The summed E-state index contributed by atoms with van der Waals surface area (Å²) in [5, 5.41) is 2.90. The first-order valence-electron chi connectivity index (χ1n) is 4.22. The predicted molar refractivity (Wildman–Crippen MR) is 51.6 cm³/mol. The third-order valence-corrected chi connectivity index (χ3v) is 1.90. The van der Waals surface area contributed by atoms with Crippen LogP contribution in [0.15, 0.2) is 35.5 Å². The molecule has 4 heteroatoms. The van der Waals surface area contributed by atoms with Crippen molar-refractivity contribution >= 4 is 5.97 Å². The van der Waals surface area contributed by atoms with Gasteiger partial charge in [0.1, 0.15) is 6.04 Å². The molecule has 4 nitrogen and oxygen atoms in total. The van der Waals surface area contributed by atoms with Crippen LogP contribution >= 0.6 is 0 Å². The number of nitrogens with zero attached hydrogens (tertiary/aromatic N) is 1. The maximum atomic E-state index is 10.9. The highest BCUT2D eigenvalue weighted by Crippen LogP contribution is 2.20. The number of carbonyl (C=O) groups is 1. The highest BCUT2D eigenvalue weighted by molar-refractivity contribution is 5.70. The summed E-state index contributed by atoms with van der Waals surface area (Å²) in [7, 11) is 1.29. The van der Waals surface area contributed by atoms with Gasteiger partial charge in [0.05, 0.1) is 13.5 Å². The Morgan fingerprint density at radius 2 is 2.07 bits per heavy atom. The van der Waals surface area contributed by atoms with Crippen LogP contribution in [0, 0.1) is 4.91 Å². The number of hydrogen-bond acceptors (Lipinski definition) is 4. The van der Waals surface area contributed by atoms with E-state index >= 15 is 0 Å². The quantitative estimate of drug-likeness (QED) is 0.543. The van der Waals surface area contributed by atoms with Crippen LogP contribution in [-0.4, -0.2) is 13.1 Å². The molecule has 1 aromatic carbocycles. The number of hydrogen-bond donors (Lipinski definition) is 0. The summed E-state index contributed by atoms with van der Waals surface area (Å²) in [6.45, 7) is 0. The minimum Gasteiger partial charge on any atom is -0.469 e. The molecule has 0 heterocycles. The topological polar surface area (TPSA) is 55.7 Å². The van der Waals surface area contributed by atoms with Crippen LogP contribution in [0.2, 0.25) is 0 Å². The van der Waals surface area contributed by atoms with Gasteiger partial charge in [0.25, 0.3) is 0 Å². The number of ether oxygens (including phenoxy) is 1. The van der Waals surface area contributed by atoms with Crippen molar-refractivity contribution in [3.05, 3.63) is 40.8 Å². The lowest BCUT2D eigenvalue weighted by atomic mass is 10.1. The van der Waals surface area contributed by atoms with Gasteiger partial charge in [-0.05, 0) is 5.56 Å². The molecule has 0 aromatic heterocycles. The molecule has 0 spiro atoms. The monoisotopic (exact) mass is 193 g/mol. The number of methoxy groups -OCH3 is 1. The first-order chi connectivity index (χ1) is 6.77. The highest BCUT2D eigenvalue weighted by atomic mass is 16.5. The van der Waals surface area contributed by atoms with Gasteiger partial charge in [-0.3, -0.25) is 4.79 Å². The Morgan fingerprint density at radius 3 is 2.57 bits per heavy atom. The molecule has 0 saturated heterocycles. The van der Waals surface area contributed by atoms with E-state index in [9.17, 15) is 9.70 Å². The molecule has 0 amide bonds. The fourth-order valence-electron chi connectivity index (χ4n) is 1.13. The summed E-state index contributed by atoms with van der Waals surface area (Å²) < 4.78 is 4.47. The highest BCUT2D eigenvalue weighted by Gasteiger charge is 2.16. The third-order valence-electron chi connectivity index (χ3n) is 1.90. The van der Waals surface area contributed by atoms with Gasteiger partial charge in [-0.1, -0.05) is 35.5 Å². The fourth-order valence-corrected chi connectivity index (χ4v) is 1.13. The molecule has 74 valence electrons. The lowest BCUT2D eigenvalue weighted by Crippen LogP contribution is -2.06. The van der Waals surface area contributed by atoms with Gasteiger partial charge in [-0.15, -0.1) is 0 Å². The molecule has 0 aliphatic rings. The average Bonchev–Trinajstić information content (AvgIpc) is 2.26. The number of nitroso groups, excluding NO2 is 1. The zero-order chi connectivity index (χ0) is 10.4. The van der Waals surface area contributed by atoms with Crippen LogP contribution in [0.3, 0.4) is 0 Å². The summed E-state index contributed by atoms with van der Waals surface area (Å²) in [6, 6.07) is 8.30. The van der Waals surface area contributed by atoms with Gasteiger partial charge in [-0.25, -0.2) is 0 Å². The average molecular weight is 193 g/mol. The Balaban J connectivity index is 2.73. The Morgan fingerprint density at radius 1 is 1.43 bits per heavy atom. The molecule has 1 unspecified atom stereocenters. The molecule has 0 saturated carbocycles. The molecule has 0 radical (unpaired) electrons. The number of benzene rings is 1. The lowest BCUT2D eigenvalue weighted by molar-refractivity contribution is -0.141. The Bertz CT molecular complexity index is 310. The van der Waals surface area contributed by atoms with E-state index in [-0.39, 0.29) is 6.42 Å². The second-order valence-corrected chi connectivity index (χ2v) is 2.81. The fraction of sp³-hybridized carbons (Fsp3) is 0.300. The second kappa shape index (κ2) is 5.11. The Kier molecular flexibility index (Phi) is 3.79. The number of esters is 1. The molecular formula is C10H11NO3. The van der Waals surface area contributed by atoms with Gasteiger partial charge in [0.2, 0.25) is 0 Å². The minimum absolute atomic E-state index is 0.00991. The van der Waals surface area contributed by atoms with Gasteiger partial charge in [0, 0.05) is 0 Å². The van der Waals surface area contributed by atoms with Crippen molar-refractivity contribution in [2.45, 2.75) is 12.5 Å². The number of rotatable bonds is 4. The van der Waals surface area contributed by atoms with Gasteiger partial charge in [0.15, 0.2) is 0 Å². The van der Waals surface area contributed by atoms with E-state index < -0.39 is 12.0 Å². The molecule has 0 aliphatic heterocycles. The number of carbonyl (C=O) groups excluding carboxylic acids is 1. The first kappa shape index (κ1) is 10.4. The lowest BCUT2D eigenvalue weighted by Gasteiger charge is -2.06. The first-order valence-corrected chi connectivity index (χ1v) is 4.22. The van der Waals surface area contributed by atoms with Crippen molar-refractivity contribution in [2.24, 2.45) is 5.18 Å². The van der Waals surface area contributed by atoms with Crippen molar-refractivity contribution in [1.82, 2.24) is 0 Å². The molecule has 14 heavy (non-hydrogen) atoms. The SMILES string of the molecule is COC(=O)CC(N=O)c1ccccc1. The summed E-state index contributed by atoms with van der Waals surface area (Å²) >= 11 is 0. The smallest absolute Gasteiger partial charge is 0.308 e. The summed E-state index contributed by atoms with van der Waals surface area (Å²) in [6.07, 6.45) is -0.00991. The largest absolute Gasteiger partial charge is 0.469 e. The maximum Gasteiger partial charge on any atom is 0.308 e. The molecule has 0 bridgehead atoms. The summed E-state index contributed by atoms with van der Waals surface area (Å²) in [5.41, 5.74) is 0.730. The third kappa shape index (κ3) is 2.65. The van der Waals surface area contributed by atoms with Gasteiger partial charge in [-0.2, -0.15) is 4.91 Å². The molecule has 1 atom stereocenters. The second-order valence-electron chi connectivity index (χ2n) is 2.81. The van der Waals surface area contributed by atoms with Crippen LogP contribution < -0.4 is 0 Å². The molecule has 1 aromatic rings. The zero-order valence-electron chi connectivity index (χ0n) is 7.84. The van der Waals surface area contributed by atoms with E-state index in [0.717, 1.165) is 5.56 Å². The minimum atomic E-state index is -0.649. The van der Waals surface area contributed by atoms with Crippen molar-refractivity contribution in [2.75, 3.05) is 7.11 Å². The van der Waals surface area contributed by atoms with E-state index in [1.165, 1.54) is 7.11 Å². The summed E-state index contributed by atoms with van der Waals surface area (Å²) in [5.74, 6) is -0.432. The molecule has 0 fully saturated rings. The molecule has 1 rings (SSSR count). The maximum absolute atomic E-state index is 10.9. The van der Waals surface area contributed by atoms with Crippen molar-refractivity contribution in [3.8, 4) is 0 Å². The van der Waals surface area contributed by atoms with Gasteiger partial charge < -0.3 is 4.74 Å². The summed E-state index contributed by atoms with van der Waals surface area (Å²) in [4.78, 5) is 21.4. The molecule has 0 N–H and O–H groups in total. The Labute approximate surface area is 81.9 Å². The zero-order valence-corrected chi connectivity index (χ0v) is 7.84. The molecule has 0 aliphatic carbocycles. The van der Waals surface area contributed by atoms with E-state index in [4.69, 9.17) is 0 Å². The van der Waals surface area contributed by atoms with E-state index in [1.807, 2.05) is 6.07 Å². The van der Waals surface area contributed by atoms with Crippen LogP contribution in [0.4, 0.5) is 0 Å². The Hall–Kier alpha value is -1.71. The van der Waals surface area contributed by atoms with Crippen LogP contribution in [0.1, 0.15) is 18.0 Å². The van der Waals surface area contributed by atoms with Crippen LogP contribution in [0.5, 0.6) is 0 Å². The van der Waals surface area contributed by atoms with Crippen LogP contribution in [0.25, 0.3) is 0 Å². The van der Waals surface area contributed by atoms with Crippen molar-refractivity contribution < 1.29 is 9.53 Å². The van der Waals surface area contributed by atoms with Crippen molar-refractivity contribution in [3.63, 3.8) is 0 Å². The standard InChI is InChI=1S/C10H11NO3/c1-14-10(12)7-9(11-13)8-5-3-2-4-6-8/h2-6,9H,7H2,1H3. The van der Waals surface area contributed by atoms with E-state index in [0.29, 0.717) is 0 Å². The normalized spacial score (nSPS) is 11.8. The van der Waals surface area contributed by atoms with Crippen molar-refractivity contribution in [1.29, 1.82) is 0 Å². The molecular weight excluding hydrogens is 182 g/mol. The van der Waals surface area contributed by atoms with Crippen LogP contribution in [-0.2, 0) is 9.53 Å².